The predicted molar refractivity (Wildman–Crippen MR) is 96.5 cm³/mol. The largest absolute Gasteiger partial charge is 0.416 e. The van der Waals surface area contributed by atoms with Gasteiger partial charge in [0.15, 0.2) is 5.82 Å². The van der Waals surface area contributed by atoms with E-state index in [-0.39, 0.29) is 11.6 Å². The average molecular weight is 382 g/mol. The molecule has 9 heteroatoms. The maximum absolute atomic E-state index is 12.9. The van der Waals surface area contributed by atoms with Crippen LogP contribution in [0.1, 0.15) is 45.1 Å². The van der Waals surface area contributed by atoms with E-state index in [1.165, 1.54) is 12.1 Å². The summed E-state index contributed by atoms with van der Waals surface area (Å²) in [5.74, 6) is 0.801. The Hall–Kier alpha value is -2.16. The van der Waals surface area contributed by atoms with Crippen molar-refractivity contribution in [2.45, 2.75) is 45.5 Å². The highest BCUT2D eigenvalue weighted by Gasteiger charge is 2.32. The highest BCUT2D eigenvalue weighted by molar-refractivity contribution is 5.49. The molecule has 0 N–H and O–H groups in total. The van der Waals surface area contributed by atoms with Gasteiger partial charge in [0.05, 0.1) is 17.1 Å². The van der Waals surface area contributed by atoms with Crippen LogP contribution in [0.25, 0.3) is 0 Å². The number of rotatable bonds is 3. The summed E-state index contributed by atoms with van der Waals surface area (Å²) in [5.41, 5.74) is -0.218. The standard InChI is InChI=1S/C18H25F3N6/c1-13(16-22-23-24-27(16)17(2,3)4)25-8-10-26(11-9-25)15-7-5-6-14(12-15)18(19,20)21/h5-7,12-13H,8-11H2,1-4H3. The number of benzene rings is 1. The lowest BCUT2D eigenvalue weighted by molar-refractivity contribution is -0.137. The summed E-state index contributed by atoms with van der Waals surface area (Å²) < 4.78 is 40.7. The minimum Gasteiger partial charge on any atom is -0.369 e. The van der Waals surface area contributed by atoms with Crippen molar-refractivity contribution in [3.8, 4) is 0 Å². The van der Waals surface area contributed by atoms with Crippen LogP contribution < -0.4 is 4.90 Å². The van der Waals surface area contributed by atoms with Crippen molar-refractivity contribution in [3.05, 3.63) is 35.7 Å². The van der Waals surface area contributed by atoms with Crippen molar-refractivity contribution in [2.24, 2.45) is 0 Å². The Morgan fingerprint density at radius 2 is 1.70 bits per heavy atom. The molecule has 0 aliphatic carbocycles. The monoisotopic (exact) mass is 382 g/mol. The van der Waals surface area contributed by atoms with Gasteiger partial charge in [-0.05, 0) is 56.3 Å². The third-order valence-corrected chi connectivity index (χ3v) is 4.90. The third-order valence-electron chi connectivity index (χ3n) is 4.90. The van der Waals surface area contributed by atoms with Gasteiger partial charge in [-0.1, -0.05) is 6.07 Å². The summed E-state index contributed by atoms with van der Waals surface area (Å²) in [4.78, 5) is 4.25. The van der Waals surface area contributed by atoms with Gasteiger partial charge in [-0.3, -0.25) is 4.90 Å². The number of hydrogen-bond acceptors (Lipinski definition) is 5. The van der Waals surface area contributed by atoms with E-state index in [1.807, 2.05) is 30.4 Å². The maximum atomic E-state index is 12.9. The molecule has 1 saturated heterocycles. The molecule has 27 heavy (non-hydrogen) atoms. The highest BCUT2D eigenvalue weighted by Crippen LogP contribution is 2.32. The molecule has 0 amide bonds. The second-order valence-electron chi connectivity index (χ2n) is 7.87. The van der Waals surface area contributed by atoms with Crippen LogP contribution in [0, 0.1) is 0 Å². The van der Waals surface area contributed by atoms with Crippen molar-refractivity contribution in [1.29, 1.82) is 0 Å². The number of nitrogens with zero attached hydrogens (tertiary/aromatic N) is 6. The number of hydrogen-bond donors (Lipinski definition) is 0. The van der Waals surface area contributed by atoms with E-state index in [9.17, 15) is 13.2 Å². The van der Waals surface area contributed by atoms with Crippen LogP contribution in [0.5, 0.6) is 0 Å². The van der Waals surface area contributed by atoms with Crippen LogP contribution in [0.3, 0.4) is 0 Å². The molecule has 0 spiro atoms. The third kappa shape index (κ3) is 4.23. The molecule has 0 bridgehead atoms. The number of tetrazole rings is 1. The molecule has 6 nitrogen and oxygen atoms in total. The highest BCUT2D eigenvalue weighted by atomic mass is 19.4. The first-order valence-electron chi connectivity index (χ1n) is 9.02. The molecule has 1 aliphatic heterocycles. The van der Waals surface area contributed by atoms with Crippen molar-refractivity contribution in [2.75, 3.05) is 31.1 Å². The Labute approximate surface area is 156 Å². The van der Waals surface area contributed by atoms with E-state index in [4.69, 9.17) is 0 Å². The Bertz CT molecular complexity index is 772. The fraction of sp³-hybridized carbons (Fsp3) is 0.611. The molecule has 2 aromatic rings. The predicted octanol–water partition coefficient (Wildman–Crippen LogP) is 3.33. The normalized spacial score (nSPS) is 18.0. The van der Waals surface area contributed by atoms with Crippen LogP contribution in [-0.4, -0.2) is 51.3 Å². The minimum atomic E-state index is -4.32. The lowest BCUT2D eigenvalue weighted by atomic mass is 10.1. The zero-order chi connectivity index (χ0) is 19.8. The first-order chi connectivity index (χ1) is 12.6. The van der Waals surface area contributed by atoms with Crippen LogP contribution in [0.4, 0.5) is 18.9 Å². The maximum Gasteiger partial charge on any atom is 0.416 e. The zero-order valence-corrected chi connectivity index (χ0v) is 16.0. The number of alkyl halides is 3. The fourth-order valence-electron chi connectivity index (χ4n) is 3.34. The van der Waals surface area contributed by atoms with E-state index in [0.29, 0.717) is 18.8 Å². The summed E-state index contributed by atoms with van der Waals surface area (Å²) in [6, 6.07) is 5.55. The van der Waals surface area contributed by atoms with Gasteiger partial charge in [0.25, 0.3) is 0 Å². The van der Waals surface area contributed by atoms with Gasteiger partial charge in [0.1, 0.15) is 0 Å². The number of aromatic nitrogens is 4. The van der Waals surface area contributed by atoms with E-state index in [0.717, 1.165) is 25.0 Å². The Kier molecular flexibility index (Phi) is 5.16. The minimum absolute atomic E-state index is 0.0304. The summed E-state index contributed by atoms with van der Waals surface area (Å²) in [5, 5.41) is 12.1. The number of anilines is 1. The van der Waals surface area contributed by atoms with Crippen LogP contribution in [-0.2, 0) is 11.7 Å². The Morgan fingerprint density at radius 1 is 1.04 bits per heavy atom. The molecule has 0 saturated carbocycles. The van der Waals surface area contributed by atoms with Gasteiger partial charge < -0.3 is 4.90 Å². The topological polar surface area (TPSA) is 50.1 Å². The molecule has 1 atom stereocenters. The van der Waals surface area contributed by atoms with E-state index in [1.54, 1.807) is 6.07 Å². The van der Waals surface area contributed by atoms with Crippen molar-refractivity contribution >= 4 is 5.69 Å². The molecule has 1 unspecified atom stereocenters. The quantitative estimate of drug-likeness (QED) is 0.815. The second-order valence-corrected chi connectivity index (χ2v) is 7.87. The van der Waals surface area contributed by atoms with Crippen molar-refractivity contribution in [1.82, 2.24) is 25.1 Å². The first-order valence-corrected chi connectivity index (χ1v) is 9.02. The molecular formula is C18H25F3N6. The SMILES string of the molecule is CC(c1nnnn1C(C)(C)C)N1CCN(c2cccc(C(F)(F)F)c2)CC1. The molecule has 0 radical (unpaired) electrons. The smallest absolute Gasteiger partial charge is 0.369 e. The second kappa shape index (κ2) is 7.10. The molecule has 3 rings (SSSR count). The lowest BCUT2D eigenvalue weighted by Gasteiger charge is -2.39. The summed E-state index contributed by atoms with van der Waals surface area (Å²) >= 11 is 0. The van der Waals surface area contributed by atoms with Gasteiger partial charge >= 0.3 is 6.18 Å². The lowest BCUT2D eigenvalue weighted by Crippen LogP contribution is -2.48. The molecule has 1 fully saturated rings. The Morgan fingerprint density at radius 3 is 2.30 bits per heavy atom. The molecular weight excluding hydrogens is 357 g/mol. The van der Waals surface area contributed by atoms with Crippen molar-refractivity contribution < 1.29 is 13.2 Å². The number of piperazine rings is 1. The van der Waals surface area contributed by atoms with Crippen LogP contribution >= 0.6 is 0 Å². The summed E-state index contributed by atoms with van der Waals surface area (Å²) in [7, 11) is 0. The fourth-order valence-corrected chi connectivity index (χ4v) is 3.34. The van der Waals surface area contributed by atoms with E-state index in [2.05, 4.69) is 27.3 Å². The van der Waals surface area contributed by atoms with Gasteiger partial charge in [0, 0.05) is 31.9 Å². The van der Waals surface area contributed by atoms with Crippen molar-refractivity contribution in [3.63, 3.8) is 0 Å². The summed E-state index contributed by atoms with van der Waals surface area (Å²) in [6.45, 7) is 11.0. The average Bonchev–Trinajstić information content (AvgIpc) is 3.11. The van der Waals surface area contributed by atoms with Gasteiger partial charge in [-0.2, -0.15) is 13.2 Å². The Balaban J connectivity index is 1.68. The first kappa shape index (κ1) is 19.6. The molecule has 2 heterocycles. The van der Waals surface area contributed by atoms with Gasteiger partial charge in [-0.15, -0.1) is 5.10 Å². The van der Waals surface area contributed by atoms with Crippen LogP contribution in [0.2, 0.25) is 0 Å². The van der Waals surface area contributed by atoms with E-state index >= 15 is 0 Å². The van der Waals surface area contributed by atoms with Gasteiger partial charge in [-0.25, -0.2) is 4.68 Å². The molecule has 1 aromatic heterocycles. The summed E-state index contributed by atoms with van der Waals surface area (Å²) in [6.07, 6.45) is -4.32. The van der Waals surface area contributed by atoms with Crippen LogP contribution in [0.15, 0.2) is 24.3 Å². The molecule has 148 valence electrons. The molecule has 1 aliphatic rings. The number of halogens is 3. The van der Waals surface area contributed by atoms with E-state index < -0.39 is 11.7 Å². The van der Waals surface area contributed by atoms with Gasteiger partial charge in [0.2, 0.25) is 0 Å². The molecule has 1 aromatic carbocycles. The zero-order valence-electron chi connectivity index (χ0n) is 16.0.